The first-order chi connectivity index (χ1) is 7.50. The van der Waals surface area contributed by atoms with Gasteiger partial charge in [0.1, 0.15) is 17.1 Å². The average molecular weight is 248 g/mol. The number of carboxylic acid groups (broad SMARTS) is 1. The Morgan fingerprint density at radius 1 is 1.44 bits per heavy atom. The Balaban J connectivity index is 2.33. The van der Waals surface area contributed by atoms with Gasteiger partial charge >= 0.3 is 11.9 Å². The number of aliphatic carboxylic acids is 1. The first-order valence-electron chi connectivity index (χ1n) is 5.30. The number of carbonyl (C=O) groups excluding carboxylic acids is 1. The summed E-state index contributed by atoms with van der Waals surface area (Å²) in [5.41, 5.74) is 0. The van der Waals surface area contributed by atoms with E-state index < -0.39 is 28.0 Å². The highest BCUT2D eigenvalue weighted by molar-refractivity contribution is 7.87. The maximum Gasteiger partial charge on any atom is 0.318 e. The molecular weight excluding hydrogens is 232 g/mol. The number of carboxylic acids is 1. The summed E-state index contributed by atoms with van der Waals surface area (Å²) in [6, 6.07) is 0. The van der Waals surface area contributed by atoms with E-state index in [1.165, 1.54) is 6.92 Å². The molecule has 2 unspecified atom stereocenters. The van der Waals surface area contributed by atoms with Crippen molar-refractivity contribution in [3.05, 3.63) is 0 Å². The molecule has 1 fully saturated rings. The van der Waals surface area contributed by atoms with Gasteiger partial charge in [0.05, 0.1) is 0 Å². The summed E-state index contributed by atoms with van der Waals surface area (Å²) in [5, 5.41) is 7.57. The summed E-state index contributed by atoms with van der Waals surface area (Å²) in [6.07, 6.45) is 3.74. The van der Waals surface area contributed by atoms with Crippen molar-refractivity contribution in [2.24, 2.45) is 0 Å². The number of rotatable bonds is 5. The van der Waals surface area contributed by atoms with Gasteiger partial charge in [0, 0.05) is 10.8 Å². The smallest absolute Gasteiger partial charge is 0.318 e. The van der Waals surface area contributed by atoms with Gasteiger partial charge in [-0.25, -0.2) is 0 Å². The third-order valence-corrected chi connectivity index (χ3v) is 4.11. The molecule has 1 saturated carbocycles. The topological polar surface area (TPSA) is 80.7 Å². The minimum Gasteiger partial charge on any atom is -0.480 e. The highest BCUT2D eigenvalue weighted by atomic mass is 32.2. The van der Waals surface area contributed by atoms with Crippen molar-refractivity contribution in [1.82, 2.24) is 0 Å². The predicted molar refractivity (Wildman–Crippen MR) is 58.5 cm³/mol. The molecule has 5 nitrogen and oxygen atoms in total. The Morgan fingerprint density at radius 2 is 2.00 bits per heavy atom. The van der Waals surface area contributed by atoms with Gasteiger partial charge in [-0.3, -0.25) is 13.8 Å². The van der Waals surface area contributed by atoms with Gasteiger partial charge in [0.25, 0.3) is 0 Å². The van der Waals surface area contributed by atoms with E-state index in [9.17, 15) is 13.8 Å². The maximum atomic E-state index is 11.4. The molecule has 0 radical (unpaired) electrons. The molecule has 1 N–H and O–H groups in total. The Morgan fingerprint density at radius 3 is 2.50 bits per heavy atom. The SMILES string of the molecule is CC(C(=O)O)S(=O)CC(=O)OC1CCCC1. The molecule has 1 aliphatic carbocycles. The Kier molecular flexibility index (Phi) is 4.92. The summed E-state index contributed by atoms with van der Waals surface area (Å²) in [7, 11) is -1.70. The van der Waals surface area contributed by atoms with E-state index >= 15 is 0 Å². The molecular formula is C10H16O5S. The minimum absolute atomic E-state index is 0.0652. The summed E-state index contributed by atoms with van der Waals surface area (Å²) in [6.45, 7) is 1.32. The number of carbonyl (C=O) groups is 2. The lowest BCUT2D eigenvalue weighted by molar-refractivity contribution is -0.145. The summed E-state index contributed by atoms with van der Waals surface area (Å²) in [5.74, 6) is -2.05. The van der Waals surface area contributed by atoms with E-state index in [0.29, 0.717) is 0 Å². The van der Waals surface area contributed by atoms with Gasteiger partial charge < -0.3 is 9.84 Å². The van der Waals surface area contributed by atoms with E-state index in [0.717, 1.165) is 25.7 Å². The van der Waals surface area contributed by atoms with Crippen LogP contribution in [0.5, 0.6) is 0 Å². The third-order valence-electron chi connectivity index (χ3n) is 2.60. The van der Waals surface area contributed by atoms with E-state index in [4.69, 9.17) is 9.84 Å². The Bertz CT molecular complexity index is 296. The molecule has 1 aliphatic rings. The molecule has 2 atom stereocenters. The van der Waals surface area contributed by atoms with E-state index in [1.807, 2.05) is 0 Å². The van der Waals surface area contributed by atoms with Gasteiger partial charge in [-0.05, 0) is 32.6 Å². The van der Waals surface area contributed by atoms with Crippen molar-refractivity contribution < 1.29 is 23.6 Å². The first kappa shape index (κ1) is 13.2. The largest absolute Gasteiger partial charge is 0.480 e. The van der Waals surface area contributed by atoms with E-state index in [-0.39, 0.29) is 11.9 Å². The molecule has 0 heterocycles. The Labute approximate surface area is 96.6 Å². The van der Waals surface area contributed by atoms with Crippen molar-refractivity contribution in [1.29, 1.82) is 0 Å². The van der Waals surface area contributed by atoms with Crippen LogP contribution in [-0.4, -0.2) is 38.4 Å². The van der Waals surface area contributed by atoms with Gasteiger partial charge in [0.15, 0.2) is 0 Å². The normalized spacial score (nSPS) is 20.3. The summed E-state index contributed by atoms with van der Waals surface area (Å²) < 4.78 is 16.5. The third kappa shape index (κ3) is 3.92. The molecule has 92 valence electrons. The predicted octanol–water partition coefficient (Wildman–Crippen LogP) is 0.694. The van der Waals surface area contributed by atoms with E-state index in [2.05, 4.69) is 0 Å². The zero-order valence-electron chi connectivity index (χ0n) is 9.18. The quantitative estimate of drug-likeness (QED) is 0.724. The molecule has 0 bridgehead atoms. The standard InChI is InChI=1S/C10H16O5S/c1-7(10(12)13)16(14)6-9(11)15-8-4-2-3-5-8/h7-8H,2-6H2,1H3,(H,12,13). The van der Waals surface area contributed by atoms with Crippen molar-refractivity contribution in [3.8, 4) is 0 Å². The van der Waals surface area contributed by atoms with Gasteiger partial charge in [-0.2, -0.15) is 0 Å². The summed E-state index contributed by atoms with van der Waals surface area (Å²) in [4.78, 5) is 21.8. The lowest BCUT2D eigenvalue weighted by atomic mass is 10.3. The second-order valence-corrected chi connectivity index (χ2v) is 5.66. The zero-order valence-corrected chi connectivity index (χ0v) is 10.00. The molecule has 0 spiro atoms. The summed E-state index contributed by atoms with van der Waals surface area (Å²) >= 11 is 0. The van der Waals surface area contributed by atoms with Crippen LogP contribution < -0.4 is 0 Å². The molecule has 0 aromatic rings. The fourth-order valence-electron chi connectivity index (χ4n) is 1.58. The highest BCUT2D eigenvalue weighted by Crippen LogP contribution is 2.21. The van der Waals surface area contributed by atoms with Crippen LogP contribution in [0.2, 0.25) is 0 Å². The molecule has 0 saturated heterocycles. The highest BCUT2D eigenvalue weighted by Gasteiger charge is 2.24. The van der Waals surface area contributed by atoms with Crippen LogP contribution in [0.25, 0.3) is 0 Å². The van der Waals surface area contributed by atoms with E-state index in [1.54, 1.807) is 0 Å². The van der Waals surface area contributed by atoms with Crippen LogP contribution >= 0.6 is 0 Å². The number of ether oxygens (including phenoxy) is 1. The molecule has 1 rings (SSSR count). The molecule has 6 heteroatoms. The maximum absolute atomic E-state index is 11.4. The van der Waals surface area contributed by atoms with Crippen LogP contribution in [0.15, 0.2) is 0 Å². The molecule has 0 amide bonds. The van der Waals surface area contributed by atoms with Crippen LogP contribution in [0.3, 0.4) is 0 Å². The molecule has 0 aromatic carbocycles. The second-order valence-electron chi connectivity index (χ2n) is 3.90. The number of hydrogen-bond donors (Lipinski definition) is 1. The van der Waals surface area contributed by atoms with Crippen LogP contribution in [0.1, 0.15) is 32.6 Å². The fraction of sp³-hybridized carbons (Fsp3) is 0.800. The lowest BCUT2D eigenvalue weighted by Gasteiger charge is -2.11. The van der Waals surface area contributed by atoms with Crippen molar-refractivity contribution in [2.45, 2.75) is 44.0 Å². The monoisotopic (exact) mass is 248 g/mol. The second kappa shape index (κ2) is 5.98. The molecule has 0 aromatic heterocycles. The Hall–Kier alpha value is -0.910. The van der Waals surface area contributed by atoms with Crippen LogP contribution in [0.4, 0.5) is 0 Å². The van der Waals surface area contributed by atoms with Gasteiger partial charge in [-0.1, -0.05) is 0 Å². The van der Waals surface area contributed by atoms with Crippen molar-refractivity contribution >= 4 is 22.7 Å². The fourth-order valence-corrected chi connectivity index (χ4v) is 2.35. The van der Waals surface area contributed by atoms with Crippen LogP contribution in [-0.2, 0) is 25.1 Å². The first-order valence-corrected chi connectivity index (χ1v) is 6.68. The molecule has 16 heavy (non-hydrogen) atoms. The van der Waals surface area contributed by atoms with Crippen molar-refractivity contribution in [3.63, 3.8) is 0 Å². The average Bonchev–Trinajstić information content (AvgIpc) is 2.68. The number of esters is 1. The van der Waals surface area contributed by atoms with Crippen LogP contribution in [0, 0.1) is 0 Å². The molecule has 0 aliphatic heterocycles. The minimum atomic E-state index is -1.70. The lowest BCUT2D eigenvalue weighted by Crippen LogP contribution is -2.29. The number of hydrogen-bond acceptors (Lipinski definition) is 4. The van der Waals surface area contributed by atoms with Gasteiger partial charge in [-0.15, -0.1) is 0 Å². The zero-order chi connectivity index (χ0) is 12.1. The van der Waals surface area contributed by atoms with Gasteiger partial charge in [0.2, 0.25) is 0 Å². The van der Waals surface area contributed by atoms with Crippen molar-refractivity contribution in [2.75, 3.05) is 5.75 Å².